The zero-order valence-corrected chi connectivity index (χ0v) is 7.54. The summed E-state index contributed by atoms with van der Waals surface area (Å²) in [7, 11) is -0.257. The van der Waals surface area contributed by atoms with Crippen molar-refractivity contribution in [3.8, 4) is 0 Å². The lowest BCUT2D eigenvalue weighted by molar-refractivity contribution is 0.118. The molecular formula is C8H11O2P. The Morgan fingerprint density at radius 2 is 2.27 bits per heavy atom. The summed E-state index contributed by atoms with van der Waals surface area (Å²) in [6.07, 6.45) is 7.83. The molecule has 2 nitrogen and oxygen atoms in total. The lowest BCUT2D eigenvalue weighted by atomic mass is 9.87. The maximum absolute atomic E-state index is 10.2. The normalized spacial score (nSPS) is 36.4. The van der Waals surface area contributed by atoms with Crippen LogP contribution in [-0.2, 0) is 9.09 Å². The van der Waals surface area contributed by atoms with E-state index < -0.39 is 5.60 Å². The van der Waals surface area contributed by atoms with Crippen molar-refractivity contribution >= 4 is 8.69 Å². The molecule has 60 valence electrons. The number of rotatable bonds is 2. The maximum atomic E-state index is 10.2. The summed E-state index contributed by atoms with van der Waals surface area (Å²) in [6, 6.07) is 0. The van der Waals surface area contributed by atoms with Gasteiger partial charge < -0.3 is 0 Å². The first-order chi connectivity index (χ1) is 5.19. The van der Waals surface area contributed by atoms with Gasteiger partial charge in [-0.25, -0.2) is 4.57 Å². The minimum Gasteiger partial charge on any atom is -0.283 e. The highest BCUT2D eigenvalue weighted by atomic mass is 31.1. The Balaban J connectivity index is 2.76. The van der Waals surface area contributed by atoms with E-state index in [1.165, 1.54) is 0 Å². The van der Waals surface area contributed by atoms with Crippen LogP contribution < -0.4 is 0 Å². The molecule has 0 aromatic rings. The largest absolute Gasteiger partial charge is 0.328 e. The van der Waals surface area contributed by atoms with Crippen LogP contribution in [0.15, 0.2) is 24.3 Å². The van der Waals surface area contributed by atoms with Crippen LogP contribution in [0.2, 0.25) is 0 Å². The quantitative estimate of drug-likeness (QED) is 0.595. The van der Waals surface area contributed by atoms with Crippen LogP contribution in [-0.4, -0.2) is 5.60 Å². The standard InChI is InChI=1S/C8H11O2P/c1-7-5-3-4-6-8(7,2)10-11-9/h3-7H,1-2H3. The lowest BCUT2D eigenvalue weighted by Gasteiger charge is -2.29. The predicted octanol–water partition coefficient (Wildman–Crippen LogP) is 2.73. The predicted molar refractivity (Wildman–Crippen MR) is 44.5 cm³/mol. The Hall–Kier alpha value is -0.460. The maximum Gasteiger partial charge on any atom is 0.328 e. The molecule has 0 bridgehead atoms. The summed E-state index contributed by atoms with van der Waals surface area (Å²) < 4.78 is 15.3. The zero-order chi connectivity index (χ0) is 8.32. The molecule has 0 spiro atoms. The molecule has 0 radical (unpaired) electrons. The van der Waals surface area contributed by atoms with Gasteiger partial charge in [0.25, 0.3) is 0 Å². The van der Waals surface area contributed by atoms with Gasteiger partial charge in [0.2, 0.25) is 0 Å². The van der Waals surface area contributed by atoms with E-state index in [9.17, 15) is 4.57 Å². The van der Waals surface area contributed by atoms with Gasteiger partial charge in [0, 0.05) is 5.92 Å². The van der Waals surface area contributed by atoms with E-state index in [1.54, 1.807) is 0 Å². The monoisotopic (exact) mass is 170 g/mol. The minimum absolute atomic E-state index is 0.257. The van der Waals surface area contributed by atoms with Gasteiger partial charge in [-0.15, -0.1) is 0 Å². The van der Waals surface area contributed by atoms with Gasteiger partial charge in [-0.2, -0.15) is 0 Å². The molecule has 0 fully saturated rings. The van der Waals surface area contributed by atoms with Crippen LogP contribution in [0, 0.1) is 5.92 Å². The summed E-state index contributed by atoms with van der Waals surface area (Å²) in [5, 5.41) is 0. The van der Waals surface area contributed by atoms with Gasteiger partial charge in [-0.05, 0) is 6.92 Å². The summed E-state index contributed by atoms with van der Waals surface area (Å²) in [4.78, 5) is 0. The molecule has 11 heavy (non-hydrogen) atoms. The zero-order valence-electron chi connectivity index (χ0n) is 6.65. The fourth-order valence-electron chi connectivity index (χ4n) is 1.01. The molecular weight excluding hydrogens is 159 g/mol. The van der Waals surface area contributed by atoms with E-state index in [0.717, 1.165) is 0 Å². The summed E-state index contributed by atoms with van der Waals surface area (Å²) in [6.45, 7) is 3.95. The molecule has 2 atom stereocenters. The Bertz CT molecular complexity index is 210. The lowest BCUT2D eigenvalue weighted by Crippen LogP contribution is -2.31. The third kappa shape index (κ3) is 1.76. The highest BCUT2D eigenvalue weighted by Crippen LogP contribution is 2.30. The summed E-state index contributed by atoms with van der Waals surface area (Å²) in [5.74, 6) is 0.272. The van der Waals surface area contributed by atoms with E-state index in [-0.39, 0.29) is 14.6 Å². The number of hydrogen-bond donors (Lipinski definition) is 0. The van der Waals surface area contributed by atoms with Crippen LogP contribution in [0.5, 0.6) is 0 Å². The van der Waals surface area contributed by atoms with Crippen LogP contribution in [0.3, 0.4) is 0 Å². The van der Waals surface area contributed by atoms with Gasteiger partial charge >= 0.3 is 8.69 Å². The summed E-state index contributed by atoms with van der Waals surface area (Å²) >= 11 is 0. The summed E-state index contributed by atoms with van der Waals surface area (Å²) in [5.41, 5.74) is -0.405. The number of allylic oxidation sites excluding steroid dienone is 2. The van der Waals surface area contributed by atoms with Crippen LogP contribution in [0.25, 0.3) is 0 Å². The van der Waals surface area contributed by atoms with Crippen molar-refractivity contribution in [2.45, 2.75) is 19.4 Å². The molecule has 0 aromatic carbocycles. The first-order valence-electron chi connectivity index (χ1n) is 3.56. The molecule has 2 unspecified atom stereocenters. The van der Waals surface area contributed by atoms with Crippen LogP contribution in [0.4, 0.5) is 0 Å². The molecule has 0 saturated carbocycles. The Morgan fingerprint density at radius 1 is 1.55 bits per heavy atom. The van der Waals surface area contributed by atoms with Crippen molar-refractivity contribution in [3.05, 3.63) is 24.3 Å². The third-order valence-electron chi connectivity index (χ3n) is 2.08. The Morgan fingerprint density at radius 3 is 2.82 bits per heavy atom. The first kappa shape index (κ1) is 8.63. The Labute approximate surface area is 68.2 Å². The molecule has 0 heterocycles. The minimum atomic E-state index is -0.405. The highest BCUT2D eigenvalue weighted by molar-refractivity contribution is 7.17. The van der Waals surface area contributed by atoms with Gasteiger partial charge in [0.05, 0.1) is 0 Å². The van der Waals surface area contributed by atoms with Crippen molar-refractivity contribution in [1.82, 2.24) is 0 Å². The molecule has 0 saturated heterocycles. The van der Waals surface area contributed by atoms with E-state index in [0.29, 0.717) is 0 Å². The molecule has 0 N–H and O–H groups in total. The van der Waals surface area contributed by atoms with Gasteiger partial charge in [-0.3, -0.25) is 4.52 Å². The van der Waals surface area contributed by atoms with Gasteiger partial charge in [-0.1, -0.05) is 31.2 Å². The fourth-order valence-corrected chi connectivity index (χ4v) is 1.40. The average molecular weight is 170 g/mol. The van der Waals surface area contributed by atoms with E-state index >= 15 is 0 Å². The average Bonchev–Trinajstić information content (AvgIpc) is 1.96. The van der Waals surface area contributed by atoms with Crippen LogP contribution in [0.1, 0.15) is 13.8 Å². The van der Waals surface area contributed by atoms with E-state index in [4.69, 9.17) is 4.52 Å². The Kier molecular flexibility index (Phi) is 2.58. The second-order valence-corrected chi connectivity index (χ2v) is 3.21. The smallest absolute Gasteiger partial charge is 0.283 e. The molecule has 0 aliphatic heterocycles. The SMILES string of the molecule is CC1C=CC=CC1(C)OP=O. The van der Waals surface area contributed by atoms with Crippen molar-refractivity contribution in [3.63, 3.8) is 0 Å². The molecule has 1 aliphatic rings. The second-order valence-electron chi connectivity index (χ2n) is 2.88. The number of hydrogen-bond acceptors (Lipinski definition) is 2. The molecule has 3 heteroatoms. The molecule has 1 rings (SSSR count). The second kappa shape index (κ2) is 3.29. The van der Waals surface area contributed by atoms with Crippen molar-refractivity contribution < 1.29 is 9.09 Å². The van der Waals surface area contributed by atoms with E-state index in [2.05, 4.69) is 0 Å². The van der Waals surface area contributed by atoms with Crippen molar-refractivity contribution in [1.29, 1.82) is 0 Å². The molecule has 0 aromatic heterocycles. The van der Waals surface area contributed by atoms with Crippen molar-refractivity contribution in [2.24, 2.45) is 5.92 Å². The molecule has 1 aliphatic carbocycles. The van der Waals surface area contributed by atoms with E-state index in [1.807, 2.05) is 38.2 Å². The fraction of sp³-hybridized carbons (Fsp3) is 0.500. The molecule has 0 amide bonds. The van der Waals surface area contributed by atoms with Gasteiger partial charge in [0.15, 0.2) is 0 Å². The van der Waals surface area contributed by atoms with Crippen LogP contribution >= 0.6 is 8.69 Å². The van der Waals surface area contributed by atoms with Crippen molar-refractivity contribution in [2.75, 3.05) is 0 Å². The highest BCUT2D eigenvalue weighted by Gasteiger charge is 2.29. The third-order valence-corrected chi connectivity index (χ3v) is 2.54. The van der Waals surface area contributed by atoms with Gasteiger partial charge in [0.1, 0.15) is 5.60 Å². The first-order valence-corrected chi connectivity index (χ1v) is 4.29. The topological polar surface area (TPSA) is 26.3 Å².